The predicted molar refractivity (Wildman–Crippen MR) is 111 cm³/mol. The maximum atomic E-state index is 9.72. The standard InChI is InChI=1S/C17H17ClO3S4/c18-14-6-5-13(9-15(14)19)24-25-17-10-20-8-7-16(17)21-11-1-3-12(23-22)4-2-11/h1-6,9,16-17,19,22H,7-8,10H2. The first-order chi connectivity index (χ1) is 12.2. The van der Waals surface area contributed by atoms with E-state index in [1.54, 1.807) is 33.7 Å². The number of phenolic OH excluding ortho intramolecular Hbond substituents is 1. The van der Waals surface area contributed by atoms with E-state index in [2.05, 4.69) is 11.7 Å². The van der Waals surface area contributed by atoms with Crippen LogP contribution in [0.2, 0.25) is 5.02 Å². The molecule has 0 spiro atoms. The van der Waals surface area contributed by atoms with Crippen LogP contribution in [0.4, 0.5) is 0 Å². The van der Waals surface area contributed by atoms with Gasteiger partial charge in [-0.2, -0.15) is 0 Å². The van der Waals surface area contributed by atoms with Crippen LogP contribution in [0.3, 0.4) is 0 Å². The van der Waals surface area contributed by atoms with Crippen molar-refractivity contribution in [3.05, 3.63) is 47.5 Å². The summed E-state index contributed by atoms with van der Waals surface area (Å²) < 4.78 is 11.8. The van der Waals surface area contributed by atoms with Crippen molar-refractivity contribution in [3.8, 4) is 11.5 Å². The van der Waals surface area contributed by atoms with Crippen LogP contribution in [-0.2, 0) is 4.74 Å². The van der Waals surface area contributed by atoms with Crippen molar-refractivity contribution >= 4 is 55.6 Å². The quantitative estimate of drug-likeness (QED) is 0.433. The highest BCUT2D eigenvalue weighted by molar-refractivity contribution is 8.77. The molecule has 0 saturated carbocycles. The van der Waals surface area contributed by atoms with E-state index in [1.165, 1.54) is 10.8 Å². The van der Waals surface area contributed by atoms with Crippen LogP contribution < -0.4 is 4.74 Å². The Labute approximate surface area is 169 Å². The molecule has 2 atom stereocenters. The highest BCUT2D eigenvalue weighted by atomic mass is 35.5. The lowest BCUT2D eigenvalue weighted by Gasteiger charge is -2.31. The molecule has 8 heteroatoms. The first kappa shape index (κ1) is 19.5. The number of hydrogen-bond donors (Lipinski definition) is 2. The van der Waals surface area contributed by atoms with Crippen molar-refractivity contribution in [1.29, 1.82) is 0 Å². The Morgan fingerprint density at radius 2 is 1.92 bits per heavy atom. The van der Waals surface area contributed by atoms with Crippen molar-refractivity contribution in [2.24, 2.45) is 0 Å². The molecule has 25 heavy (non-hydrogen) atoms. The molecule has 2 aromatic rings. The average molecular weight is 433 g/mol. The Kier molecular flexibility index (Phi) is 7.45. The minimum atomic E-state index is 0.0849. The van der Waals surface area contributed by atoms with E-state index in [-0.39, 0.29) is 17.1 Å². The molecule has 3 rings (SSSR count). The fourth-order valence-electron chi connectivity index (χ4n) is 2.33. The summed E-state index contributed by atoms with van der Waals surface area (Å²) >= 11 is 10.0. The number of ether oxygens (including phenoxy) is 2. The van der Waals surface area contributed by atoms with E-state index in [4.69, 9.17) is 21.1 Å². The molecule has 0 radical (unpaired) electrons. The summed E-state index contributed by atoms with van der Waals surface area (Å²) in [5.74, 6) is 0.958. The first-order valence-electron chi connectivity index (χ1n) is 7.63. The van der Waals surface area contributed by atoms with E-state index in [0.29, 0.717) is 18.2 Å². The number of hydrogen-bond acceptors (Lipinski definition) is 7. The number of aromatic hydroxyl groups is 1. The van der Waals surface area contributed by atoms with Gasteiger partial charge in [0.15, 0.2) is 0 Å². The summed E-state index contributed by atoms with van der Waals surface area (Å²) in [6, 6.07) is 13.2. The zero-order valence-corrected chi connectivity index (χ0v) is 17.2. The van der Waals surface area contributed by atoms with Gasteiger partial charge >= 0.3 is 0 Å². The topological polar surface area (TPSA) is 38.7 Å². The van der Waals surface area contributed by atoms with Crippen molar-refractivity contribution in [2.75, 3.05) is 13.2 Å². The lowest BCUT2D eigenvalue weighted by atomic mass is 10.1. The normalized spacial score (nSPS) is 20.4. The van der Waals surface area contributed by atoms with Crippen molar-refractivity contribution in [3.63, 3.8) is 0 Å². The highest BCUT2D eigenvalue weighted by Crippen LogP contribution is 2.40. The van der Waals surface area contributed by atoms with E-state index in [1.807, 2.05) is 30.3 Å². The van der Waals surface area contributed by atoms with Crippen LogP contribution in [0.5, 0.6) is 11.5 Å². The fraction of sp³-hybridized carbons (Fsp3) is 0.294. The summed E-state index contributed by atoms with van der Waals surface area (Å²) in [6.45, 7) is 1.35. The predicted octanol–water partition coefficient (Wildman–Crippen LogP) is 5.96. The van der Waals surface area contributed by atoms with Crippen LogP contribution in [0.25, 0.3) is 0 Å². The molecule has 1 aliphatic rings. The molecule has 2 aromatic carbocycles. The minimum absolute atomic E-state index is 0.0849. The molecule has 1 heterocycles. The Bertz CT molecular complexity index is 699. The Morgan fingerprint density at radius 3 is 2.64 bits per heavy atom. The molecule has 1 saturated heterocycles. The van der Waals surface area contributed by atoms with Gasteiger partial charge in [-0.3, -0.25) is 0 Å². The molecule has 0 aromatic heterocycles. The third-order valence-electron chi connectivity index (χ3n) is 3.65. The van der Waals surface area contributed by atoms with E-state index in [0.717, 1.165) is 22.0 Å². The van der Waals surface area contributed by atoms with Gasteiger partial charge in [0.05, 0.1) is 23.5 Å². The molecule has 0 bridgehead atoms. The highest BCUT2D eigenvalue weighted by Gasteiger charge is 2.28. The van der Waals surface area contributed by atoms with Crippen molar-refractivity contribution < 1.29 is 14.6 Å². The molecule has 2 unspecified atom stereocenters. The number of benzene rings is 2. The van der Waals surface area contributed by atoms with E-state index in [9.17, 15) is 5.11 Å². The number of rotatable bonds is 6. The fourth-order valence-corrected chi connectivity index (χ4v) is 5.61. The maximum absolute atomic E-state index is 9.72. The van der Waals surface area contributed by atoms with Crippen LogP contribution in [-0.4, -0.2) is 29.7 Å². The zero-order valence-electron chi connectivity index (χ0n) is 13.1. The van der Waals surface area contributed by atoms with Crippen LogP contribution >= 0.6 is 55.6 Å². The number of phenols is 1. The van der Waals surface area contributed by atoms with Gasteiger partial charge in [-0.15, -0.1) is 11.7 Å². The second kappa shape index (κ2) is 9.58. The Morgan fingerprint density at radius 1 is 1.16 bits per heavy atom. The van der Waals surface area contributed by atoms with E-state index < -0.39 is 0 Å². The van der Waals surface area contributed by atoms with Crippen molar-refractivity contribution in [2.45, 2.75) is 27.6 Å². The van der Waals surface area contributed by atoms with Crippen LogP contribution in [0, 0.1) is 0 Å². The molecule has 1 aliphatic heterocycles. The summed E-state index contributed by atoms with van der Waals surface area (Å²) in [5, 5.41) is 10.3. The van der Waals surface area contributed by atoms with Gasteiger partial charge in [-0.1, -0.05) is 44.0 Å². The molecular weight excluding hydrogens is 416 g/mol. The van der Waals surface area contributed by atoms with Crippen LogP contribution in [0.1, 0.15) is 6.42 Å². The summed E-state index contributed by atoms with van der Waals surface area (Å²) in [4.78, 5) is 2.04. The SMILES string of the molecule is Oc1cc(SSC2COCCC2Oc2ccc(SS)cc2)ccc1Cl. The van der Waals surface area contributed by atoms with E-state index >= 15 is 0 Å². The van der Waals surface area contributed by atoms with Gasteiger partial charge in [0.2, 0.25) is 0 Å². The van der Waals surface area contributed by atoms with Crippen LogP contribution in [0.15, 0.2) is 52.3 Å². The number of thiol groups is 1. The van der Waals surface area contributed by atoms with Gasteiger partial charge < -0.3 is 14.6 Å². The molecule has 0 amide bonds. The number of halogens is 1. The molecule has 134 valence electrons. The maximum Gasteiger partial charge on any atom is 0.135 e. The second-order valence-corrected chi connectivity index (χ2v) is 9.54. The minimum Gasteiger partial charge on any atom is -0.506 e. The molecule has 1 N–H and O–H groups in total. The third kappa shape index (κ3) is 5.58. The van der Waals surface area contributed by atoms with Gasteiger partial charge in [-0.25, -0.2) is 0 Å². The van der Waals surface area contributed by atoms with Gasteiger partial charge in [0.25, 0.3) is 0 Å². The lowest BCUT2D eigenvalue weighted by molar-refractivity contribution is 0.0319. The lowest BCUT2D eigenvalue weighted by Crippen LogP contribution is -2.38. The monoisotopic (exact) mass is 432 g/mol. The summed E-state index contributed by atoms with van der Waals surface area (Å²) in [5.41, 5.74) is 0. The Hall–Kier alpha value is -0.310. The summed E-state index contributed by atoms with van der Waals surface area (Å²) in [6.07, 6.45) is 0.939. The molecule has 0 aliphatic carbocycles. The third-order valence-corrected chi connectivity index (χ3v) is 7.92. The second-order valence-electron chi connectivity index (χ2n) is 5.41. The van der Waals surface area contributed by atoms with Crippen molar-refractivity contribution in [1.82, 2.24) is 0 Å². The zero-order chi connectivity index (χ0) is 17.6. The smallest absolute Gasteiger partial charge is 0.135 e. The van der Waals surface area contributed by atoms with Gasteiger partial charge in [0.1, 0.15) is 17.6 Å². The van der Waals surface area contributed by atoms with Gasteiger partial charge in [0, 0.05) is 16.2 Å². The molecule has 1 fully saturated rings. The average Bonchev–Trinajstić information content (AvgIpc) is 2.64. The summed E-state index contributed by atoms with van der Waals surface area (Å²) in [7, 11) is 4.70. The molecular formula is C17H17ClO3S4. The Balaban J connectivity index is 1.60. The first-order valence-corrected chi connectivity index (χ1v) is 12.1. The largest absolute Gasteiger partial charge is 0.506 e. The van der Waals surface area contributed by atoms with Gasteiger partial charge in [-0.05, 0) is 42.5 Å². The molecule has 3 nitrogen and oxygen atoms in total.